The molecule has 4 saturated carbocycles. The van der Waals surface area contributed by atoms with Crippen molar-refractivity contribution >= 4 is 11.8 Å². The smallest absolute Gasteiger partial charge is 0.302 e. The van der Waals surface area contributed by atoms with Gasteiger partial charge in [-0.1, -0.05) is 61.0 Å². The summed E-state index contributed by atoms with van der Waals surface area (Å²) >= 11 is 0. The van der Waals surface area contributed by atoms with Crippen molar-refractivity contribution in [3.8, 4) is 0 Å². The van der Waals surface area contributed by atoms with Gasteiger partial charge >= 0.3 is 5.97 Å². The van der Waals surface area contributed by atoms with Crippen molar-refractivity contribution in [2.45, 2.75) is 132 Å². The molecule has 0 aliphatic heterocycles. The molecule has 0 radical (unpaired) electrons. The van der Waals surface area contributed by atoms with Gasteiger partial charge in [-0.15, -0.1) is 0 Å². The van der Waals surface area contributed by atoms with E-state index in [4.69, 9.17) is 4.74 Å². The number of carbonyl (C=O) groups excluding carboxylic acids is 2. The molecule has 5 aliphatic rings. The number of esters is 1. The normalized spacial score (nSPS) is 45.8. The number of aliphatic hydroxyl groups excluding tert-OH is 1. The average Bonchev–Trinajstić information content (AvgIpc) is 3.16. The van der Waals surface area contributed by atoms with Crippen LogP contribution in [0, 0.1) is 60.4 Å². The van der Waals surface area contributed by atoms with Crippen LogP contribution >= 0.6 is 0 Å². The molecule has 41 heavy (non-hydrogen) atoms. The number of rotatable bonds is 5. The van der Waals surface area contributed by atoms with Gasteiger partial charge in [0, 0.05) is 29.1 Å². The summed E-state index contributed by atoms with van der Waals surface area (Å²) in [4.78, 5) is 36.8. The van der Waals surface area contributed by atoms with Crippen LogP contribution in [-0.2, 0) is 14.3 Å². The van der Waals surface area contributed by atoms with Gasteiger partial charge in [0.15, 0.2) is 5.78 Å². The van der Waals surface area contributed by atoms with Gasteiger partial charge in [0.25, 0.3) is 0 Å². The Morgan fingerprint density at radius 3 is 2.17 bits per heavy atom. The van der Waals surface area contributed by atoms with E-state index in [1.165, 1.54) is 6.92 Å². The van der Waals surface area contributed by atoms with Crippen LogP contribution in [0.5, 0.6) is 0 Å². The van der Waals surface area contributed by atoms with Crippen LogP contribution in [0.4, 0.5) is 0 Å². The van der Waals surface area contributed by atoms with E-state index in [0.717, 1.165) is 56.1 Å². The first-order chi connectivity index (χ1) is 18.8. The highest BCUT2D eigenvalue weighted by molar-refractivity contribution is 6.00. The molecule has 0 heterocycles. The molecule has 0 aromatic heterocycles. The number of fused-ring (bicyclic) bond motifs is 7. The minimum Gasteiger partial charge on any atom is -0.462 e. The molecular weight excluding hydrogens is 518 g/mol. The van der Waals surface area contributed by atoms with E-state index < -0.39 is 23.0 Å². The maximum absolute atomic E-state index is 13.6. The number of nitro groups is 1. The Labute approximate surface area is 246 Å². The number of ether oxygens (including phenoxy) is 1. The summed E-state index contributed by atoms with van der Waals surface area (Å²) in [6, 6.07) is 0. The summed E-state index contributed by atoms with van der Waals surface area (Å²) in [5.74, 6) is 0.467. The Bertz CT molecular complexity index is 1190. The van der Waals surface area contributed by atoms with Crippen molar-refractivity contribution in [2.24, 2.45) is 50.2 Å². The first kappa shape index (κ1) is 30.7. The van der Waals surface area contributed by atoms with Crippen molar-refractivity contribution in [1.82, 2.24) is 0 Å². The maximum atomic E-state index is 13.6. The minimum absolute atomic E-state index is 0.0144. The van der Waals surface area contributed by atoms with Crippen LogP contribution in [-0.4, -0.2) is 40.5 Å². The minimum atomic E-state index is -1.15. The molecule has 0 spiro atoms. The first-order valence-electron chi connectivity index (χ1n) is 16.1. The molecule has 2 unspecified atom stereocenters. The van der Waals surface area contributed by atoms with Gasteiger partial charge in [-0.2, -0.15) is 0 Å². The molecule has 9 atom stereocenters. The molecule has 5 aliphatic carbocycles. The van der Waals surface area contributed by atoms with Crippen LogP contribution in [0.2, 0.25) is 0 Å². The second-order valence-corrected chi connectivity index (χ2v) is 16.4. The Hall–Kier alpha value is -1.76. The van der Waals surface area contributed by atoms with Crippen LogP contribution in [0.3, 0.4) is 0 Å². The number of nitrogens with zero attached hydrogens (tertiary/aromatic N) is 1. The first-order valence-corrected chi connectivity index (χ1v) is 16.1. The molecule has 5 rings (SSSR count). The largest absolute Gasteiger partial charge is 0.462 e. The summed E-state index contributed by atoms with van der Waals surface area (Å²) in [6.07, 6.45) is 6.46. The average molecular weight is 572 g/mol. The Balaban J connectivity index is 1.60. The molecular formula is C34H53NO6. The lowest BCUT2D eigenvalue weighted by molar-refractivity contribution is -0.494. The van der Waals surface area contributed by atoms with Crippen LogP contribution in [0.25, 0.3) is 0 Å². The van der Waals surface area contributed by atoms with E-state index in [2.05, 4.69) is 55.4 Å². The summed E-state index contributed by atoms with van der Waals surface area (Å²) in [6.45, 7) is 19.7. The Kier molecular flexibility index (Phi) is 7.01. The molecule has 7 heteroatoms. The van der Waals surface area contributed by atoms with E-state index in [1.54, 1.807) is 0 Å². The summed E-state index contributed by atoms with van der Waals surface area (Å²) in [5.41, 5.74) is 0.974. The van der Waals surface area contributed by atoms with Crippen molar-refractivity contribution in [2.75, 3.05) is 6.54 Å². The zero-order valence-electron chi connectivity index (χ0n) is 26.9. The molecule has 0 amide bonds. The van der Waals surface area contributed by atoms with Gasteiger partial charge in [-0.3, -0.25) is 19.7 Å². The quantitative estimate of drug-likeness (QED) is 0.218. The number of ketones is 1. The van der Waals surface area contributed by atoms with Crippen LogP contribution in [0.1, 0.15) is 120 Å². The lowest BCUT2D eigenvalue weighted by atomic mass is 9.28. The lowest BCUT2D eigenvalue weighted by Crippen LogP contribution is -2.70. The second kappa shape index (κ2) is 9.37. The Morgan fingerprint density at radius 1 is 0.976 bits per heavy atom. The van der Waals surface area contributed by atoms with Crippen molar-refractivity contribution in [3.63, 3.8) is 0 Å². The molecule has 0 saturated heterocycles. The second-order valence-electron chi connectivity index (χ2n) is 16.4. The molecule has 4 fully saturated rings. The standard InChI is InChI=1S/C34H53NO6/c1-20(2)27-23(37)18-34(25(38)19-35(39)40)17-16-30(6)22(28(27)34)10-14-33(9)31(7)13-12-26(41-21(3)36)29(4,5)24(31)11-15-32(30,33)8/h20,22,24-26,38H,10-19H2,1-9H3/t22-,24+,25?,26+,30-,31+,32?,33-,34+/m1/s1. The molecule has 0 bridgehead atoms. The number of hydrogen-bond acceptors (Lipinski definition) is 6. The number of Topliss-reactive ketones (excluding diaryl/α,β-unsaturated/α-hetero) is 1. The van der Waals surface area contributed by atoms with Gasteiger partial charge in [-0.05, 0) is 96.4 Å². The highest BCUT2D eigenvalue weighted by atomic mass is 16.6. The third-order valence-corrected chi connectivity index (χ3v) is 14.7. The number of hydrogen-bond donors (Lipinski definition) is 1. The molecule has 0 aromatic rings. The maximum Gasteiger partial charge on any atom is 0.302 e. The number of allylic oxidation sites excluding steroid dienone is 1. The topological polar surface area (TPSA) is 107 Å². The molecule has 7 nitrogen and oxygen atoms in total. The fraction of sp³-hybridized carbons (Fsp3) is 0.882. The van der Waals surface area contributed by atoms with E-state index in [1.807, 2.05) is 0 Å². The predicted octanol–water partition coefficient (Wildman–Crippen LogP) is 6.93. The van der Waals surface area contributed by atoms with E-state index in [9.17, 15) is 24.8 Å². The van der Waals surface area contributed by atoms with Gasteiger partial charge in [-0.25, -0.2) is 0 Å². The zero-order valence-corrected chi connectivity index (χ0v) is 26.9. The molecule has 0 aromatic carbocycles. The van der Waals surface area contributed by atoms with Crippen molar-refractivity contribution in [3.05, 3.63) is 21.3 Å². The zero-order chi connectivity index (χ0) is 30.6. The van der Waals surface area contributed by atoms with Crippen molar-refractivity contribution < 1.29 is 24.4 Å². The third-order valence-electron chi connectivity index (χ3n) is 14.7. The van der Waals surface area contributed by atoms with E-state index in [0.29, 0.717) is 12.3 Å². The van der Waals surface area contributed by atoms with Gasteiger partial charge < -0.3 is 9.84 Å². The van der Waals surface area contributed by atoms with Crippen LogP contribution in [0.15, 0.2) is 11.1 Å². The fourth-order valence-electron chi connectivity index (χ4n) is 12.2. The van der Waals surface area contributed by atoms with Gasteiger partial charge in [0.05, 0.1) is 0 Å². The summed E-state index contributed by atoms with van der Waals surface area (Å²) < 4.78 is 5.90. The SMILES string of the molecule is CC(=O)O[C@H]1CC[C@@]2(C)[C@@H](CCC3(C)[C@]2(C)CC[C@@H]2C4=C(C(C)C)C(=O)C[C@]4(C(O)C[N+](=O)[O-])CC[C@]23C)C1(C)C. The monoisotopic (exact) mass is 571 g/mol. The summed E-state index contributed by atoms with van der Waals surface area (Å²) in [7, 11) is 0. The van der Waals surface area contributed by atoms with E-state index in [-0.39, 0.29) is 63.2 Å². The fourth-order valence-corrected chi connectivity index (χ4v) is 12.2. The van der Waals surface area contributed by atoms with E-state index >= 15 is 0 Å². The molecule has 1 N–H and O–H groups in total. The predicted molar refractivity (Wildman–Crippen MR) is 157 cm³/mol. The number of carbonyl (C=O) groups is 2. The van der Waals surface area contributed by atoms with Crippen molar-refractivity contribution in [1.29, 1.82) is 0 Å². The molecule has 230 valence electrons. The van der Waals surface area contributed by atoms with Gasteiger partial charge in [0.1, 0.15) is 12.2 Å². The highest BCUT2D eigenvalue weighted by Crippen LogP contribution is 2.81. The number of aliphatic hydroxyl groups is 1. The lowest BCUT2D eigenvalue weighted by Gasteiger charge is -2.76. The Morgan fingerprint density at radius 2 is 1.59 bits per heavy atom. The van der Waals surface area contributed by atoms with Gasteiger partial charge in [0.2, 0.25) is 6.54 Å². The highest BCUT2D eigenvalue weighted by Gasteiger charge is 2.75. The third kappa shape index (κ3) is 3.78. The van der Waals surface area contributed by atoms with Crippen LogP contribution < -0.4 is 0 Å². The summed E-state index contributed by atoms with van der Waals surface area (Å²) in [5, 5.41) is 23.0.